The molecule has 0 amide bonds. The van der Waals surface area contributed by atoms with Gasteiger partial charge in [0.25, 0.3) is 0 Å². The molecule has 22 heavy (non-hydrogen) atoms. The van der Waals surface area contributed by atoms with Crippen molar-refractivity contribution in [2.24, 2.45) is 5.10 Å². The summed E-state index contributed by atoms with van der Waals surface area (Å²) in [6.07, 6.45) is 0. The molecule has 2 aromatic rings. The van der Waals surface area contributed by atoms with Crippen molar-refractivity contribution in [3.8, 4) is 11.5 Å². The number of anilines is 1. The van der Waals surface area contributed by atoms with E-state index in [0.717, 1.165) is 28.5 Å². The number of benzene rings is 2. The number of ether oxygens (including phenoxy) is 2. The molecule has 0 unspecified atom stereocenters. The monoisotopic (exact) mass is 313 g/mol. The van der Waals surface area contributed by atoms with E-state index in [1.165, 1.54) is 0 Å². The zero-order valence-corrected chi connectivity index (χ0v) is 12.8. The molecule has 0 saturated heterocycles. The number of nitrogens with zero attached hydrogens (tertiary/aromatic N) is 1. The molecule has 0 spiro atoms. The van der Waals surface area contributed by atoms with Crippen LogP contribution in [0, 0.1) is 0 Å². The molecular weight excluding hydrogens is 298 g/mol. The van der Waals surface area contributed by atoms with Gasteiger partial charge in [0.1, 0.15) is 0 Å². The number of nitrogens with one attached hydrogen (secondary N) is 2. The summed E-state index contributed by atoms with van der Waals surface area (Å²) in [7, 11) is 0. The van der Waals surface area contributed by atoms with Crippen molar-refractivity contribution in [1.29, 1.82) is 0 Å². The lowest BCUT2D eigenvalue weighted by atomic mass is 10.1. The van der Waals surface area contributed by atoms with Gasteiger partial charge in [-0.1, -0.05) is 18.2 Å². The van der Waals surface area contributed by atoms with Gasteiger partial charge in [-0.2, -0.15) is 5.10 Å². The lowest BCUT2D eigenvalue weighted by molar-refractivity contribution is 0.174. The summed E-state index contributed by atoms with van der Waals surface area (Å²) in [4.78, 5) is 0. The Morgan fingerprint density at radius 2 is 1.86 bits per heavy atom. The maximum Gasteiger partial charge on any atom is 0.231 e. The third-order valence-electron chi connectivity index (χ3n) is 3.15. The second-order valence-electron chi connectivity index (χ2n) is 4.70. The molecule has 0 bridgehead atoms. The van der Waals surface area contributed by atoms with E-state index < -0.39 is 0 Å². The SMILES string of the molecule is C/C(=N\NC(=S)Nc1ccccc1)c1ccc2c(c1)OCO2. The summed E-state index contributed by atoms with van der Waals surface area (Å²) in [6, 6.07) is 15.4. The van der Waals surface area contributed by atoms with Crippen molar-refractivity contribution in [2.45, 2.75) is 6.92 Å². The van der Waals surface area contributed by atoms with Crippen LogP contribution in [0.25, 0.3) is 0 Å². The van der Waals surface area contributed by atoms with Gasteiger partial charge in [0.2, 0.25) is 6.79 Å². The zero-order valence-electron chi connectivity index (χ0n) is 12.0. The summed E-state index contributed by atoms with van der Waals surface area (Å²) >= 11 is 5.21. The number of hydrazone groups is 1. The van der Waals surface area contributed by atoms with Crippen LogP contribution in [0.2, 0.25) is 0 Å². The molecule has 0 aliphatic carbocycles. The Hall–Kier alpha value is -2.60. The number of para-hydroxylation sites is 1. The lowest BCUT2D eigenvalue weighted by Crippen LogP contribution is -2.24. The van der Waals surface area contributed by atoms with Crippen LogP contribution in [0.3, 0.4) is 0 Å². The highest BCUT2D eigenvalue weighted by Gasteiger charge is 2.13. The Kier molecular flexibility index (Phi) is 4.20. The minimum absolute atomic E-state index is 0.262. The summed E-state index contributed by atoms with van der Waals surface area (Å²) in [5.41, 5.74) is 5.49. The molecule has 2 aromatic carbocycles. The quantitative estimate of drug-likeness (QED) is 0.518. The first-order valence-corrected chi connectivity index (χ1v) is 7.19. The summed E-state index contributed by atoms with van der Waals surface area (Å²) in [5.74, 6) is 1.49. The molecule has 0 saturated carbocycles. The van der Waals surface area contributed by atoms with Crippen LogP contribution in [0.4, 0.5) is 5.69 Å². The minimum Gasteiger partial charge on any atom is -0.454 e. The maximum atomic E-state index is 5.36. The molecule has 112 valence electrons. The minimum atomic E-state index is 0.262. The third kappa shape index (κ3) is 3.35. The van der Waals surface area contributed by atoms with Gasteiger partial charge in [-0.05, 0) is 49.5 Å². The average Bonchev–Trinajstić information content (AvgIpc) is 3.01. The Bertz CT molecular complexity index is 717. The van der Waals surface area contributed by atoms with Gasteiger partial charge in [-0.25, -0.2) is 0 Å². The molecule has 0 aromatic heterocycles. The Balaban J connectivity index is 1.63. The van der Waals surface area contributed by atoms with Crippen LogP contribution in [-0.2, 0) is 0 Å². The lowest BCUT2D eigenvalue weighted by Gasteiger charge is -2.08. The Morgan fingerprint density at radius 1 is 1.09 bits per heavy atom. The van der Waals surface area contributed by atoms with E-state index in [2.05, 4.69) is 15.8 Å². The number of fused-ring (bicyclic) bond motifs is 1. The van der Waals surface area contributed by atoms with Crippen molar-refractivity contribution < 1.29 is 9.47 Å². The second-order valence-corrected chi connectivity index (χ2v) is 5.11. The van der Waals surface area contributed by atoms with E-state index in [1.54, 1.807) is 0 Å². The first-order chi connectivity index (χ1) is 10.7. The number of rotatable bonds is 3. The maximum absolute atomic E-state index is 5.36. The van der Waals surface area contributed by atoms with E-state index in [0.29, 0.717) is 5.11 Å². The molecule has 1 aliphatic heterocycles. The van der Waals surface area contributed by atoms with Crippen LogP contribution in [0.1, 0.15) is 12.5 Å². The van der Waals surface area contributed by atoms with E-state index in [9.17, 15) is 0 Å². The highest BCUT2D eigenvalue weighted by Crippen LogP contribution is 2.32. The van der Waals surface area contributed by atoms with E-state index in [-0.39, 0.29) is 6.79 Å². The molecule has 0 fully saturated rings. The predicted molar refractivity (Wildman–Crippen MR) is 90.6 cm³/mol. The third-order valence-corrected chi connectivity index (χ3v) is 3.34. The molecule has 6 heteroatoms. The smallest absolute Gasteiger partial charge is 0.231 e. The summed E-state index contributed by atoms with van der Waals surface area (Å²) < 4.78 is 10.6. The van der Waals surface area contributed by atoms with Gasteiger partial charge in [0.15, 0.2) is 16.6 Å². The highest BCUT2D eigenvalue weighted by atomic mass is 32.1. The van der Waals surface area contributed by atoms with E-state index in [1.807, 2.05) is 55.5 Å². The molecule has 1 heterocycles. The molecule has 5 nitrogen and oxygen atoms in total. The molecule has 3 rings (SSSR count). The zero-order chi connectivity index (χ0) is 15.4. The standard InChI is InChI=1S/C16H15N3O2S/c1-11(12-7-8-14-15(9-12)21-10-20-14)18-19-16(22)17-13-5-3-2-4-6-13/h2-9H,10H2,1H3,(H2,17,19,22)/b18-11+. The normalized spacial score (nSPS) is 12.9. The van der Waals surface area contributed by atoms with Crippen LogP contribution >= 0.6 is 12.2 Å². The fourth-order valence-corrected chi connectivity index (χ4v) is 2.16. The van der Waals surface area contributed by atoms with E-state index >= 15 is 0 Å². The summed E-state index contributed by atoms with van der Waals surface area (Å²) in [5, 5.41) is 7.78. The highest BCUT2D eigenvalue weighted by molar-refractivity contribution is 7.80. The van der Waals surface area contributed by atoms with Gasteiger partial charge in [-0.15, -0.1) is 0 Å². The van der Waals surface area contributed by atoms with Crippen molar-refractivity contribution in [3.63, 3.8) is 0 Å². The number of hydrogen-bond donors (Lipinski definition) is 2. The van der Waals surface area contributed by atoms with Gasteiger partial charge >= 0.3 is 0 Å². The van der Waals surface area contributed by atoms with Crippen molar-refractivity contribution >= 4 is 28.7 Å². The van der Waals surface area contributed by atoms with Gasteiger partial charge in [0, 0.05) is 11.3 Å². The predicted octanol–water partition coefficient (Wildman–Crippen LogP) is 3.13. The van der Waals surface area contributed by atoms with Crippen LogP contribution < -0.4 is 20.2 Å². The number of hydrogen-bond acceptors (Lipinski definition) is 4. The van der Waals surface area contributed by atoms with Crippen LogP contribution in [0.15, 0.2) is 53.6 Å². The second kappa shape index (κ2) is 6.44. The van der Waals surface area contributed by atoms with Crippen molar-refractivity contribution in [3.05, 3.63) is 54.1 Å². The van der Waals surface area contributed by atoms with E-state index in [4.69, 9.17) is 21.7 Å². The Labute approximate surface area is 133 Å². The van der Waals surface area contributed by atoms with Crippen LogP contribution in [0.5, 0.6) is 11.5 Å². The molecule has 1 aliphatic rings. The fourth-order valence-electron chi connectivity index (χ4n) is 2.00. The first kappa shape index (κ1) is 14.3. The average molecular weight is 313 g/mol. The van der Waals surface area contributed by atoms with Crippen molar-refractivity contribution in [2.75, 3.05) is 12.1 Å². The molecule has 2 N–H and O–H groups in total. The fraction of sp³-hybridized carbons (Fsp3) is 0.125. The molecule has 0 radical (unpaired) electrons. The Morgan fingerprint density at radius 3 is 2.68 bits per heavy atom. The summed E-state index contributed by atoms with van der Waals surface area (Å²) in [6.45, 7) is 2.16. The van der Waals surface area contributed by atoms with Gasteiger partial charge < -0.3 is 14.8 Å². The molecular formula is C16H15N3O2S. The van der Waals surface area contributed by atoms with Gasteiger partial charge in [0.05, 0.1) is 5.71 Å². The first-order valence-electron chi connectivity index (χ1n) is 6.79. The van der Waals surface area contributed by atoms with Gasteiger partial charge in [-0.3, -0.25) is 5.43 Å². The topological polar surface area (TPSA) is 54.9 Å². The molecule has 0 atom stereocenters. The largest absolute Gasteiger partial charge is 0.454 e. The van der Waals surface area contributed by atoms with Crippen molar-refractivity contribution in [1.82, 2.24) is 5.43 Å². The number of thiocarbonyl (C=S) groups is 1. The van der Waals surface area contributed by atoms with Crippen LogP contribution in [-0.4, -0.2) is 17.6 Å².